The molecule has 0 unspecified atom stereocenters. The first kappa shape index (κ1) is 63.1. The van der Waals surface area contributed by atoms with E-state index in [2.05, 4.69) is 24.5 Å². The molecule has 396 valence electrons. The van der Waals surface area contributed by atoms with Gasteiger partial charge >= 0.3 is 5.97 Å². The second-order valence-corrected chi connectivity index (χ2v) is 16.2. The Morgan fingerprint density at radius 3 is 1.21 bits per heavy atom. The molecule has 0 spiro atoms. The molecule has 0 saturated carbocycles. The number of nitrogens with one attached hydrogen (secondary N) is 2. The zero-order valence-electron chi connectivity index (χ0n) is 42.1. The number of ether oxygens (including phenoxy) is 14. The summed E-state index contributed by atoms with van der Waals surface area (Å²) in [7, 11) is 1.64. The van der Waals surface area contributed by atoms with Gasteiger partial charge in [-0.3, -0.25) is 14.4 Å². The summed E-state index contributed by atoms with van der Waals surface area (Å²) in [4.78, 5) is 37.1. The number of carbonyl (C=O) groups excluding carboxylic acids is 3. The fourth-order valence-corrected chi connectivity index (χ4v) is 5.83. The minimum atomic E-state index is -0.243. The Bertz CT molecular complexity index is 1290. The smallest absolute Gasteiger partial charge is 0.308 e. The molecule has 2 amide bonds. The lowest BCUT2D eigenvalue weighted by Gasteiger charge is -2.19. The Balaban J connectivity index is 1.81. The number of carbonyl (C=O) groups is 3. The van der Waals surface area contributed by atoms with Crippen LogP contribution in [-0.2, 0) is 87.3 Å². The number of hydrogen-bond acceptors (Lipinski definition) is 17. The van der Waals surface area contributed by atoms with Crippen LogP contribution in [0.2, 0.25) is 0 Å². The number of hydrogen-bond donors (Lipinski definition) is 2. The lowest BCUT2D eigenvalue weighted by molar-refractivity contribution is -0.148. The van der Waals surface area contributed by atoms with Crippen LogP contribution in [0.1, 0.15) is 65.4 Å². The standard InChI is InChI=1S/C49H88N2O17/c1-42(2)40-45(48(53)51-46-11-9-44(10-12-46)41-68-49(54)43(3)4)8-6-7-14-50-47(52)13-15-56-18-19-58-22-23-60-26-27-62-30-31-64-34-35-66-38-39-67-37-36-65-33-32-63-29-28-61-25-24-59-21-20-57-17-16-55-5/h9-12,42-43,45H,6-8,13-41H2,1-5H3,(H,50,52)(H,51,53)/t45-/m1/s1. The molecule has 0 bridgehead atoms. The average Bonchev–Trinajstić information content (AvgIpc) is 3.32. The molecule has 2 N–H and O–H groups in total. The molecule has 0 aliphatic carbocycles. The van der Waals surface area contributed by atoms with Crippen LogP contribution >= 0.6 is 0 Å². The second-order valence-electron chi connectivity index (χ2n) is 16.2. The molecule has 1 aromatic rings. The predicted octanol–water partition coefficient (Wildman–Crippen LogP) is 4.51. The largest absolute Gasteiger partial charge is 0.461 e. The molecule has 19 heteroatoms. The van der Waals surface area contributed by atoms with Crippen LogP contribution in [0.3, 0.4) is 0 Å². The van der Waals surface area contributed by atoms with E-state index in [1.165, 1.54) is 0 Å². The average molecular weight is 977 g/mol. The summed E-state index contributed by atoms with van der Waals surface area (Å²) in [5.41, 5.74) is 1.57. The van der Waals surface area contributed by atoms with E-state index in [1.54, 1.807) is 21.0 Å². The number of anilines is 1. The highest BCUT2D eigenvalue weighted by molar-refractivity contribution is 5.92. The van der Waals surface area contributed by atoms with Gasteiger partial charge in [0.1, 0.15) is 6.61 Å². The van der Waals surface area contributed by atoms with Crippen molar-refractivity contribution in [1.29, 1.82) is 0 Å². The van der Waals surface area contributed by atoms with Gasteiger partial charge in [0.2, 0.25) is 11.8 Å². The Hall–Kier alpha value is -2.89. The maximum Gasteiger partial charge on any atom is 0.308 e. The van der Waals surface area contributed by atoms with Crippen LogP contribution in [0.4, 0.5) is 5.69 Å². The van der Waals surface area contributed by atoms with Crippen molar-refractivity contribution in [3.05, 3.63) is 29.8 Å². The van der Waals surface area contributed by atoms with Crippen LogP contribution in [0.15, 0.2) is 24.3 Å². The van der Waals surface area contributed by atoms with Gasteiger partial charge in [-0.25, -0.2) is 0 Å². The molecular weight excluding hydrogens is 889 g/mol. The van der Waals surface area contributed by atoms with Gasteiger partial charge in [-0.1, -0.05) is 46.2 Å². The quantitative estimate of drug-likeness (QED) is 0.0681. The number of rotatable bonds is 51. The molecule has 0 aliphatic rings. The molecule has 1 aromatic carbocycles. The summed E-state index contributed by atoms with van der Waals surface area (Å²) in [5.74, 6) is -0.252. The monoisotopic (exact) mass is 977 g/mol. The van der Waals surface area contributed by atoms with Crippen molar-refractivity contribution in [2.75, 3.05) is 184 Å². The van der Waals surface area contributed by atoms with Crippen LogP contribution in [0, 0.1) is 17.8 Å². The first-order valence-corrected chi connectivity index (χ1v) is 24.5. The third kappa shape index (κ3) is 42.0. The maximum absolute atomic E-state index is 13.1. The number of methoxy groups -OCH3 is 1. The molecule has 19 nitrogen and oxygen atoms in total. The Kier molecular flexibility index (Phi) is 44.3. The van der Waals surface area contributed by atoms with E-state index in [1.807, 2.05) is 24.3 Å². The molecular formula is C49H88N2O17. The first-order chi connectivity index (χ1) is 33.2. The van der Waals surface area contributed by atoms with Gasteiger partial charge in [-0.15, -0.1) is 0 Å². The molecule has 0 fully saturated rings. The van der Waals surface area contributed by atoms with Gasteiger partial charge in [0.15, 0.2) is 0 Å². The number of unbranched alkanes of at least 4 members (excludes halogenated alkanes) is 1. The van der Waals surface area contributed by atoms with Crippen molar-refractivity contribution in [1.82, 2.24) is 5.32 Å². The summed E-state index contributed by atoms with van der Waals surface area (Å²) in [5, 5.41) is 5.97. The highest BCUT2D eigenvalue weighted by Gasteiger charge is 2.20. The fourth-order valence-electron chi connectivity index (χ4n) is 5.83. The fraction of sp³-hybridized carbons (Fsp3) is 0.816. The molecule has 0 aromatic heterocycles. The zero-order valence-corrected chi connectivity index (χ0v) is 42.1. The highest BCUT2D eigenvalue weighted by Crippen LogP contribution is 2.21. The van der Waals surface area contributed by atoms with Crippen LogP contribution in [0.5, 0.6) is 0 Å². The second kappa shape index (κ2) is 47.8. The van der Waals surface area contributed by atoms with Gasteiger partial charge in [-0.2, -0.15) is 0 Å². The third-order valence-electron chi connectivity index (χ3n) is 9.50. The van der Waals surface area contributed by atoms with Crippen molar-refractivity contribution in [2.45, 2.75) is 66.4 Å². The lowest BCUT2D eigenvalue weighted by atomic mass is 9.91. The summed E-state index contributed by atoms with van der Waals surface area (Å²) in [6.45, 7) is 20.6. The Labute approximate surface area is 406 Å². The van der Waals surface area contributed by atoms with Crippen molar-refractivity contribution >= 4 is 23.5 Å². The van der Waals surface area contributed by atoms with E-state index in [0.717, 1.165) is 31.2 Å². The van der Waals surface area contributed by atoms with E-state index in [9.17, 15) is 14.4 Å². The summed E-state index contributed by atoms with van der Waals surface area (Å²) in [6, 6.07) is 7.35. The predicted molar refractivity (Wildman–Crippen MR) is 256 cm³/mol. The van der Waals surface area contributed by atoms with Gasteiger partial charge in [0.25, 0.3) is 0 Å². The van der Waals surface area contributed by atoms with Crippen LogP contribution < -0.4 is 10.6 Å². The van der Waals surface area contributed by atoms with Gasteiger partial charge in [0, 0.05) is 31.7 Å². The van der Waals surface area contributed by atoms with E-state index >= 15 is 0 Å². The molecule has 68 heavy (non-hydrogen) atoms. The highest BCUT2D eigenvalue weighted by atomic mass is 16.6. The number of benzene rings is 1. The van der Waals surface area contributed by atoms with Gasteiger partial charge in [-0.05, 0) is 42.9 Å². The van der Waals surface area contributed by atoms with Crippen molar-refractivity contribution < 1.29 is 80.7 Å². The summed E-state index contributed by atoms with van der Waals surface area (Å²) in [6.07, 6.45) is 3.39. The zero-order chi connectivity index (χ0) is 49.4. The Morgan fingerprint density at radius 2 is 0.853 bits per heavy atom. The van der Waals surface area contributed by atoms with Crippen molar-refractivity contribution in [3.8, 4) is 0 Å². The molecule has 0 radical (unpaired) electrons. The molecule has 1 atom stereocenters. The first-order valence-electron chi connectivity index (χ1n) is 24.5. The maximum atomic E-state index is 13.1. The van der Waals surface area contributed by atoms with Crippen LogP contribution in [0.25, 0.3) is 0 Å². The molecule has 0 saturated heterocycles. The molecule has 0 aliphatic heterocycles. The normalized spacial score (nSPS) is 12.0. The Morgan fingerprint density at radius 1 is 0.485 bits per heavy atom. The third-order valence-corrected chi connectivity index (χ3v) is 9.50. The molecule has 1 rings (SSSR count). The lowest BCUT2D eigenvalue weighted by Crippen LogP contribution is -2.27. The minimum Gasteiger partial charge on any atom is -0.461 e. The topological polar surface area (TPSA) is 204 Å². The van der Waals surface area contributed by atoms with E-state index in [-0.39, 0.29) is 42.6 Å². The summed E-state index contributed by atoms with van der Waals surface area (Å²) >= 11 is 0. The minimum absolute atomic E-state index is 0.0106. The van der Waals surface area contributed by atoms with E-state index < -0.39 is 0 Å². The number of amides is 2. The number of esters is 1. The van der Waals surface area contributed by atoms with Crippen LogP contribution in [-0.4, -0.2) is 197 Å². The van der Waals surface area contributed by atoms with Crippen molar-refractivity contribution in [2.24, 2.45) is 17.8 Å². The summed E-state index contributed by atoms with van der Waals surface area (Å²) < 4.78 is 75.9. The van der Waals surface area contributed by atoms with Gasteiger partial charge < -0.3 is 76.9 Å². The van der Waals surface area contributed by atoms with Crippen molar-refractivity contribution in [3.63, 3.8) is 0 Å². The van der Waals surface area contributed by atoms with E-state index in [0.29, 0.717) is 183 Å². The van der Waals surface area contributed by atoms with Gasteiger partial charge in [0.05, 0.1) is 171 Å². The van der Waals surface area contributed by atoms with E-state index in [4.69, 9.17) is 66.3 Å². The molecule has 0 heterocycles. The SMILES string of the molecule is COCCOCCOCCOCCOCCOCCOCCOCCOCCOCCOCCOCCOCCC(=O)NCCCC[C@H](CC(C)C)C(=O)Nc1ccc(COC(=O)C(C)C)cc1.